The molecule has 5 aromatic rings. The van der Waals surface area contributed by atoms with E-state index in [-0.39, 0.29) is 46.6 Å². The maximum Gasteiger partial charge on any atom is 0.417 e. The summed E-state index contributed by atoms with van der Waals surface area (Å²) in [4.78, 5) is 17.7. The molecule has 0 aliphatic carbocycles. The number of carbonyl (C=O) groups is 1. The van der Waals surface area contributed by atoms with E-state index in [1.54, 1.807) is 18.5 Å². The molecule has 0 unspecified atom stereocenters. The summed E-state index contributed by atoms with van der Waals surface area (Å²) in [5.74, 6) is -5.11. The first kappa shape index (κ1) is 24.1. The van der Waals surface area contributed by atoms with E-state index in [2.05, 4.69) is 4.98 Å². The Hall–Kier alpha value is -4.28. The van der Waals surface area contributed by atoms with Crippen molar-refractivity contribution in [3.63, 3.8) is 0 Å². The average molecular weight is 529 g/mol. The number of hydrogen-bond donors (Lipinski definition) is 0. The van der Waals surface area contributed by atoms with Crippen LogP contribution in [0.15, 0.2) is 42.6 Å². The third kappa shape index (κ3) is 3.41. The first-order valence-corrected chi connectivity index (χ1v) is 11.5. The summed E-state index contributed by atoms with van der Waals surface area (Å²) < 4.78 is 93.4. The summed E-state index contributed by atoms with van der Waals surface area (Å²) in [6, 6.07) is 6.61. The van der Waals surface area contributed by atoms with Crippen LogP contribution in [0.25, 0.3) is 27.7 Å². The van der Waals surface area contributed by atoms with Gasteiger partial charge >= 0.3 is 6.18 Å². The number of benzene rings is 2. The van der Waals surface area contributed by atoms with Crippen LogP contribution in [0.1, 0.15) is 33.0 Å². The van der Waals surface area contributed by atoms with Crippen LogP contribution in [0.3, 0.4) is 0 Å². The SMILES string of the molecule is Cc1nc2c3c(c(C(F)(F)F)cc2n1C)-c1cccn2c(C(=O)c4cc(F)c(F)c(F)c4)cc(c12)CCO3. The summed E-state index contributed by atoms with van der Waals surface area (Å²) >= 11 is 0. The Balaban J connectivity index is 1.67. The van der Waals surface area contributed by atoms with Crippen molar-refractivity contribution in [3.8, 4) is 16.9 Å². The number of ether oxygens (including phenoxy) is 1. The van der Waals surface area contributed by atoms with Gasteiger partial charge < -0.3 is 13.7 Å². The number of fused-ring (bicyclic) bond motifs is 4. The van der Waals surface area contributed by atoms with E-state index in [0.717, 1.165) is 6.07 Å². The van der Waals surface area contributed by atoms with Gasteiger partial charge in [-0.05, 0) is 42.8 Å². The first-order valence-electron chi connectivity index (χ1n) is 11.5. The van der Waals surface area contributed by atoms with Crippen LogP contribution in [0.4, 0.5) is 26.3 Å². The van der Waals surface area contributed by atoms with Crippen LogP contribution in [0, 0.1) is 24.4 Å². The van der Waals surface area contributed by atoms with Crippen molar-refractivity contribution in [3.05, 3.63) is 88.3 Å². The normalized spacial score (nSPS) is 13.4. The molecule has 6 rings (SSSR count). The van der Waals surface area contributed by atoms with Crippen molar-refractivity contribution >= 4 is 22.3 Å². The number of imidazole rings is 1. The van der Waals surface area contributed by atoms with Gasteiger partial charge in [0.25, 0.3) is 0 Å². The van der Waals surface area contributed by atoms with Gasteiger partial charge in [-0.3, -0.25) is 4.79 Å². The lowest BCUT2D eigenvalue weighted by atomic mass is 9.94. The first-order chi connectivity index (χ1) is 18.0. The zero-order valence-electron chi connectivity index (χ0n) is 19.9. The second-order valence-corrected chi connectivity index (χ2v) is 9.09. The van der Waals surface area contributed by atoms with E-state index in [0.29, 0.717) is 29.0 Å². The fraction of sp³-hybridized carbons (Fsp3) is 0.185. The van der Waals surface area contributed by atoms with Crippen molar-refractivity contribution in [2.75, 3.05) is 6.61 Å². The molecule has 0 radical (unpaired) electrons. The number of halogens is 6. The van der Waals surface area contributed by atoms with Crippen LogP contribution in [0.2, 0.25) is 0 Å². The molecule has 1 aliphatic rings. The molecule has 0 saturated carbocycles. The lowest BCUT2D eigenvalue weighted by Crippen LogP contribution is -2.13. The minimum absolute atomic E-state index is 0.0134. The molecular formula is C27H17F6N3O2. The van der Waals surface area contributed by atoms with Crippen LogP contribution in [0.5, 0.6) is 5.75 Å². The molecule has 0 bridgehead atoms. The molecule has 38 heavy (non-hydrogen) atoms. The molecule has 0 fully saturated rings. The molecule has 0 atom stereocenters. The molecule has 0 N–H and O–H groups in total. The minimum Gasteiger partial charge on any atom is -0.490 e. The highest BCUT2D eigenvalue weighted by atomic mass is 19.4. The van der Waals surface area contributed by atoms with Crippen LogP contribution in [-0.2, 0) is 19.6 Å². The summed E-state index contributed by atoms with van der Waals surface area (Å²) in [7, 11) is 1.62. The van der Waals surface area contributed by atoms with Gasteiger partial charge in [-0.2, -0.15) is 13.2 Å². The lowest BCUT2D eigenvalue weighted by molar-refractivity contribution is -0.137. The summed E-state index contributed by atoms with van der Waals surface area (Å²) in [5.41, 5.74) is -0.118. The molecular weight excluding hydrogens is 512 g/mol. The third-order valence-electron chi connectivity index (χ3n) is 6.90. The van der Waals surface area contributed by atoms with E-state index >= 15 is 0 Å². The van der Waals surface area contributed by atoms with Crippen molar-refractivity contribution in [2.24, 2.45) is 7.05 Å². The Labute approximate surface area is 210 Å². The summed E-state index contributed by atoms with van der Waals surface area (Å²) in [6.45, 7) is 1.66. The Kier molecular flexibility index (Phi) is 5.14. The monoisotopic (exact) mass is 529 g/mol. The zero-order chi connectivity index (χ0) is 27.1. The second-order valence-electron chi connectivity index (χ2n) is 9.09. The highest BCUT2D eigenvalue weighted by Crippen LogP contribution is 2.48. The predicted octanol–water partition coefficient (Wildman–Crippen LogP) is 6.40. The van der Waals surface area contributed by atoms with Gasteiger partial charge in [0.15, 0.2) is 23.2 Å². The predicted molar refractivity (Wildman–Crippen MR) is 126 cm³/mol. The number of nitrogens with zero attached hydrogens (tertiary/aromatic N) is 3. The zero-order valence-corrected chi connectivity index (χ0v) is 19.9. The number of aryl methyl sites for hydroxylation is 2. The molecule has 2 aromatic carbocycles. The van der Waals surface area contributed by atoms with Crippen LogP contribution >= 0.6 is 0 Å². The van der Waals surface area contributed by atoms with Gasteiger partial charge in [0.1, 0.15) is 11.3 Å². The number of rotatable bonds is 2. The maximum atomic E-state index is 14.5. The standard InChI is InChI=1S/C27H17F6N3O2/c1-12-34-23-19(35(12)2)11-16(27(31,32)33)21-15-4-3-6-36-20(10-13(24(15)36)5-7-38-26(21)23)25(37)14-8-17(28)22(30)18(29)9-14/h3-4,6,8-11H,5,7H2,1-2H3. The highest BCUT2D eigenvalue weighted by molar-refractivity contribution is 6.10. The van der Waals surface area contributed by atoms with Gasteiger partial charge in [-0.1, -0.05) is 6.07 Å². The number of pyridine rings is 1. The van der Waals surface area contributed by atoms with Crippen molar-refractivity contribution in [1.29, 1.82) is 0 Å². The Morgan fingerprint density at radius 1 is 1.08 bits per heavy atom. The summed E-state index contributed by atoms with van der Waals surface area (Å²) in [6.07, 6.45) is -3.05. The lowest BCUT2D eigenvalue weighted by Gasteiger charge is -2.22. The Bertz CT molecular complexity index is 1790. The largest absolute Gasteiger partial charge is 0.490 e. The van der Waals surface area contributed by atoms with Gasteiger partial charge in [-0.15, -0.1) is 0 Å². The Morgan fingerprint density at radius 2 is 1.79 bits per heavy atom. The molecule has 194 valence electrons. The van der Waals surface area contributed by atoms with Crippen LogP contribution < -0.4 is 4.74 Å². The van der Waals surface area contributed by atoms with E-state index in [1.807, 2.05) is 0 Å². The van der Waals surface area contributed by atoms with Gasteiger partial charge in [0, 0.05) is 36.4 Å². The number of ketones is 1. The third-order valence-corrected chi connectivity index (χ3v) is 6.90. The van der Waals surface area contributed by atoms with E-state index in [9.17, 15) is 31.1 Å². The molecule has 4 heterocycles. The van der Waals surface area contributed by atoms with Crippen LogP contribution in [-0.4, -0.2) is 26.3 Å². The van der Waals surface area contributed by atoms with Gasteiger partial charge in [-0.25, -0.2) is 18.2 Å². The number of aromatic nitrogens is 3. The highest BCUT2D eigenvalue weighted by Gasteiger charge is 2.39. The van der Waals surface area contributed by atoms with Gasteiger partial charge in [0.05, 0.1) is 28.9 Å². The molecule has 5 nitrogen and oxygen atoms in total. The van der Waals surface area contributed by atoms with E-state index < -0.39 is 40.5 Å². The van der Waals surface area contributed by atoms with Crippen molar-refractivity contribution in [1.82, 2.24) is 14.0 Å². The Morgan fingerprint density at radius 3 is 2.47 bits per heavy atom. The van der Waals surface area contributed by atoms with Crippen molar-refractivity contribution < 1.29 is 35.9 Å². The average Bonchev–Trinajstić information content (AvgIpc) is 3.36. The minimum atomic E-state index is -4.75. The van der Waals surface area contributed by atoms with E-state index in [4.69, 9.17) is 4.74 Å². The summed E-state index contributed by atoms with van der Waals surface area (Å²) in [5, 5.41) is 0. The van der Waals surface area contributed by atoms with Gasteiger partial charge in [0.2, 0.25) is 5.78 Å². The fourth-order valence-corrected chi connectivity index (χ4v) is 5.05. The molecule has 11 heteroatoms. The number of hydrogen-bond acceptors (Lipinski definition) is 3. The topological polar surface area (TPSA) is 48.5 Å². The van der Waals surface area contributed by atoms with E-state index in [1.165, 1.54) is 28.8 Å². The molecule has 0 saturated heterocycles. The molecule has 0 amide bonds. The van der Waals surface area contributed by atoms with Crippen molar-refractivity contribution in [2.45, 2.75) is 19.5 Å². The second kappa shape index (κ2) is 8.11. The smallest absolute Gasteiger partial charge is 0.417 e. The fourth-order valence-electron chi connectivity index (χ4n) is 5.05. The molecule has 1 aliphatic heterocycles. The quantitative estimate of drug-likeness (QED) is 0.151. The maximum absolute atomic E-state index is 14.5. The molecule has 3 aromatic heterocycles. The number of carbonyl (C=O) groups excluding carboxylic acids is 1. The molecule has 0 spiro atoms. The number of alkyl halides is 3.